The molecule has 0 spiro atoms. The first-order valence-electron chi connectivity index (χ1n) is 6.28. The third-order valence-electron chi connectivity index (χ3n) is 3.26. The lowest BCUT2D eigenvalue weighted by Crippen LogP contribution is -2.45. The number of hydrogen-bond donors (Lipinski definition) is 1. The van der Waals surface area contributed by atoms with E-state index in [-0.39, 0.29) is 17.6 Å². The van der Waals surface area contributed by atoms with E-state index in [1.54, 1.807) is 17.9 Å². The smallest absolute Gasteiger partial charge is 0.270 e. The van der Waals surface area contributed by atoms with Crippen LogP contribution in [0.15, 0.2) is 18.2 Å². The third kappa shape index (κ3) is 3.08. The molecule has 102 valence electrons. The SMILES string of the molecule is Cc1cc(C(=O)N2CCCC(N)C2)cc([N+](=O)[O-])c1. The van der Waals surface area contributed by atoms with Gasteiger partial charge in [-0.25, -0.2) is 0 Å². The summed E-state index contributed by atoms with van der Waals surface area (Å²) >= 11 is 0. The number of nitrogens with zero attached hydrogens (tertiary/aromatic N) is 2. The highest BCUT2D eigenvalue weighted by molar-refractivity contribution is 5.95. The minimum absolute atomic E-state index is 0.00232. The summed E-state index contributed by atoms with van der Waals surface area (Å²) in [4.78, 5) is 24.3. The van der Waals surface area contributed by atoms with E-state index < -0.39 is 4.92 Å². The molecule has 0 saturated carbocycles. The van der Waals surface area contributed by atoms with E-state index >= 15 is 0 Å². The molecule has 6 heteroatoms. The van der Waals surface area contributed by atoms with Crippen LogP contribution in [0.1, 0.15) is 28.8 Å². The van der Waals surface area contributed by atoms with Gasteiger partial charge in [-0.3, -0.25) is 14.9 Å². The Bertz CT molecular complexity index is 516. The number of rotatable bonds is 2. The normalized spacial score (nSPS) is 19.3. The molecule has 1 atom stereocenters. The van der Waals surface area contributed by atoms with Crippen molar-refractivity contribution < 1.29 is 9.72 Å². The van der Waals surface area contributed by atoms with E-state index in [1.165, 1.54) is 12.1 Å². The van der Waals surface area contributed by atoms with Gasteiger partial charge in [0, 0.05) is 36.8 Å². The first-order chi connectivity index (χ1) is 8.97. The quantitative estimate of drug-likeness (QED) is 0.646. The van der Waals surface area contributed by atoms with Gasteiger partial charge in [-0.05, 0) is 31.4 Å². The van der Waals surface area contributed by atoms with E-state index in [0.29, 0.717) is 24.2 Å². The van der Waals surface area contributed by atoms with E-state index in [0.717, 1.165) is 12.8 Å². The van der Waals surface area contributed by atoms with Crippen molar-refractivity contribution in [2.45, 2.75) is 25.8 Å². The van der Waals surface area contributed by atoms with E-state index in [4.69, 9.17) is 5.73 Å². The van der Waals surface area contributed by atoms with Crippen molar-refractivity contribution in [3.05, 3.63) is 39.4 Å². The summed E-state index contributed by atoms with van der Waals surface area (Å²) in [6.07, 6.45) is 1.79. The highest BCUT2D eigenvalue weighted by atomic mass is 16.6. The maximum atomic E-state index is 12.3. The molecule has 1 aliphatic rings. The topological polar surface area (TPSA) is 89.5 Å². The predicted octanol–water partition coefficient (Wildman–Crippen LogP) is 1.47. The second-order valence-corrected chi connectivity index (χ2v) is 4.97. The lowest BCUT2D eigenvalue weighted by molar-refractivity contribution is -0.384. The van der Waals surface area contributed by atoms with Gasteiger partial charge in [-0.15, -0.1) is 0 Å². The number of carbonyl (C=O) groups is 1. The molecule has 1 aromatic rings. The van der Waals surface area contributed by atoms with Gasteiger partial charge in [0.25, 0.3) is 11.6 Å². The molecule has 0 bridgehead atoms. The van der Waals surface area contributed by atoms with Gasteiger partial charge in [0.15, 0.2) is 0 Å². The Labute approximate surface area is 111 Å². The Balaban J connectivity index is 2.25. The highest BCUT2D eigenvalue weighted by Gasteiger charge is 2.23. The maximum absolute atomic E-state index is 12.3. The van der Waals surface area contributed by atoms with Crippen molar-refractivity contribution in [1.29, 1.82) is 0 Å². The fraction of sp³-hybridized carbons (Fsp3) is 0.462. The molecule has 1 saturated heterocycles. The number of amides is 1. The number of non-ortho nitro benzene ring substituents is 1. The maximum Gasteiger partial charge on any atom is 0.270 e. The number of nitro benzene ring substituents is 1. The molecule has 1 aliphatic heterocycles. The first-order valence-corrected chi connectivity index (χ1v) is 6.28. The Morgan fingerprint density at radius 2 is 2.21 bits per heavy atom. The molecule has 0 radical (unpaired) electrons. The lowest BCUT2D eigenvalue weighted by atomic mass is 10.0. The Hall–Kier alpha value is -1.95. The second kappa shape index (κ2) is 5.36. The van der Waals surface area contributed by atoms with Gasteiger partial charge in [0.05, 0.1) is 4.92 Å². The van der Waals surface area contributed by atoms with Gasteiger partial charge < -0.3 is 10.6 Å². The molecule has 19 heavy (non-hydrogen) atoms. The van der Waals surface area contributed by atoms with E-state index in [9.17, 15) is 14.9 Å². The summed E-state index contributed by atoms with van der Waals surface area (Å²) in [6, 6.07) is 4.46. The highest BCUT2D eigenvalue weighted by Crippen LogP contribution is 2.19. The molecule has 2 rings (SSSR count). The number of benzene rings is 1. The van der Waals surface area contributed by atoms with Gasteiger partial charge in [0.1, 0.15) is 0 Å². The summed E-state index contributed by atoms with van der Waals surface area (Å²) < 4.78 is 0. The fourth-order valence-corrected chi connectivity index (χ4v) is 2.37. The summed E-state index contributed by atoms with van der Waals surface area (Å²) in [7, 11) is 0. The minimum atomic E-state index is -0.480. The van der Waals surface area contributed by atoms with Crippen molar-refractivity contribution >= 4 is 11.6 Å². The Kier molecular flexibility index (Phi) is 3.80. The lowest BCUT2D eigenvalue weighted by Gasteiger charge is -2.30. The van der Waals surface area contributed by atoms with Crippen molar-refractivity contribution in [3.8, 4) is 0 Å². The zero-order chi connectivity index (χ0) is 14.0. The standard InChI is InChI=1S/C13H17N3O3/c1-9-5-10(7-12(6-9)16(18)19)13(17)15-4-2-3-11(14)8-15/h5-7,11H,2-4,8,14H2,1H3. The third-order valence-corrected chi connectivity index (χ3v) is 3.26. The van der Waals surface area contributed by atoms with E-state index in [1.807, 2.05) is 0 Å². The second-order valence-electron chi connectivity index (χ2n) is 4.97. The summed E-state index contributed by atoms with van der Waals surface area (Å²) in [5, 5.41) is 10.8. The van der Waals surface area contributed by atoms with Crippen LogP contribution in [0.25, 0.3) is 0 Å². The largest absolute Gasteiger partial charge is 0.337 e. The number of piperidine rings is 1. The van der Waals surface area contributed by atoms with Crippen LogP contribution in [-0.4, -0.2) is 34.9 Å². The average Bonchev–Trinajstić information content (AvgIpc) is 2.37. The van der Waals surface area contributed by atoms with Crippen molar-refractivity contribution in [3.63, 3.8) is 0 Å². The van der Waals surface area contributed by atoms with Gasteiger partial charge >= 0.3 is 0 Å². The van der Waals surface area contributed by atoms with Crippen LogP contribution in [0.5, 0.6) is 0 Å². The molecule has 0 aromatic heterocycles. The summed E-state index contributed by atoms with van der Waals surface area (Å²) in [5.74, 6) is -0.179. The van der Waals surface area contributed by atoms with Crippen LogP contribution in [0.2, 0.25) is 0 Å². The van der Waals surface area contributed by atoms with Crippen LogP contribution < -0.4 is 5.73 Å². The number of nitrogens with two attached hydrogens (primary N) is 1. The van der Waals surface area contributed by atoms with Crippen molar-refractivity contribution in [2.24, 2.45) is 5.73 Å². The minimum Gasteiger partial charge on any atom is -0.337 e. The van der Waals surface area contributed by atoms with Gasteiger partial charge in [-0.1, -0.05) is 0 Å². The number of likely N-dealkylation sites (tertiary alicyclic amines) is 1. The molecular weight excluding hydrogens is 246 g/mol. The molecule has 2 N–H and O–H groups in total. The molecule has 1 fully saturated rings. The summed E-state index contributed by atoms with van der Waals surface area (Å²) in [6.45, 7) is 2.92. The zero-order valence-corrected chi connectivity index (χ0v) is 10.8. The Morgan fingerprint density at radius 1 is 1.47 bits per heavy atom. The van der Waals surface area contributed by atoms with Crippen LogP contribution >= 0.6 is 0 Å². The molecular formula is C13H17N3O3. The van der Waals surface area contributed by atoms with E-state index in [2.05, 4.69) is 0 Å². The first kappa shape index (κ1) is 13.5. The monoisotopic (exact) mass is 263 g/mol. The van der Waals surface area contributed by atoms with Crippen LogP contribution in [0.3, 0.4) is 0 Å². The number of aryl methyl sites for hydroxylation is 1. The number of carbonyl (C=O) groups excluding carboxylic acids is 1. The molecule has 1 amide bonds. The van der Waals surface area contributed by atoms with Crippen molar-refractivity contribution in [2.75, 3.05) is 13.1 Å². The van der Waals surface area contributed by atoms with Crippen molar-refractivity contribution in [1.82, 2.24) is 4.90 Å². The molecule has 1 aromatic carbocycles. The Morgan fingerprint density at radius 3 is 2.84 bits per heavy atom. The molecule has 0 aliphatic carbocycles. The van der Waals surface area contributed by atoms with Crippen LogP contribution in [0, 0.1) is 17.0 Å². The van der Waals surface area contributed by atoms with Gasteiger partial charge in [-0.2, -0.15) is 0 Å². The fourth-order valence-electron chi connectivity index (χ4n) is 2.37. The number of hydrogen-bond acceptors (Lipinski definition) is 4. The summed E-state index contributed by atoms with van der Waals surface area (Å²) in [5.41, 5.74) is 6.86. The molecule has 1 unspecified atom stereocenters. The zero-order valence-electron chi connectivity index (χ0n) is 10.8. The van der Waals surface area contributed by atoms with Crippen LogP contribution in [-0.2, 0) is 0 Å². The number of nitro groups is 1. The van der Waals surface area contributed by atoms with Gasteiger partial charge in [0.2, 0.25) is 0 Å². The molecule has 6 nitrogen and oxygen atoms in total. The predicted molar refractivity (Wildman–Crippen MR) is 70.9 cm³/mol. The molecule has 1 heterocycles. The average molecular weight is 263 g/mol. The van der Waals surface area contributed by atoms with Crippen LogP contribution in [0.4, 0.5) is 5.69 Å².